The van der Waals surface area contributed by atoms with Crippen LogP contribution in [0.15, 0.2) is 47.5 Å². The lowest BCUT2D eigenvalue weighted by Gasteiger charge is -2.24. The Labute approximate surface area is 149 Å². The summed E-state index contributed by atoms with van der Waals surface area (Å²) in [5.74, 6) is -0.201. The highest BCUT2D eigenvalue weighted by molar-refractivity contribution is 6.04. The van der Waals surface area contributed by atoms with E-state index in [4.69, 9.17) is 4.74 Å². The Hall–Kier alpha value is -3.00. The molecule has 0 aliphatic carbocycles. The Kier molecular flexibility index (Phi) is 4.49. The molecule has 1 N–H and O–H groups in total. The fourth-order valence-corrected chi connectivity index (χ4v) is 3.23. The first-order chi connectivity index (χ1) is 12.7. The number of carbonyl (C=O) groups excluding carboxylic acids is 1. The third-order valence-corrected chi connectivity index (χ3v) is 4.49. The van der Waals surface area contributed by atoms with Crippen molar-refractivity contribution in [3.63, 3.8) is 0 Å². The summed E-state index contributed by atoms with van der Waals surface area (Å²) in [7, 11) is 0. The van der Waals surface area contributed by atoms with Gasteiger partial charge in [0.05, 0.1) is 18.0 Å². The monoisotopic (exact) mass is 353 g/mol. The van der Waals surface area contributed by atoms with Gasteiger partial charge >= 0.3 is 0 Å². The minimum absolute atomic E-state index is 0.143. The first-order valence-corrected chi connectivity index (χ1v) is 8.58. The molecule has 1 amide bonds. The molecule has 8 heteroatoms. The Morgan fingerprint density at radius 3 is 2.92 bits per heavy atom. The van der Waals surface area contributed by atoms with E-state index in [-0.39, 0.29) is 23.3 Å². The largest absolute Gasteiger partial charge is 0.374 e. The molecule has 3 aromatic rings. The van der Waals surface area contributed by atoms with Crippen molar-refractivity contribution >= 4 is 16.7 Å². The van der Waals surface area contributed by atoms with E-state index in [1.165, 1.54) is 0 Å². The molecule has 0 spiro atoms. The predicted molar refractivity (Wildman–Crippen MR) is 94.9 cm³/mol. The number of benzene rings is 1. The third-order valence-electron chi connectivity index (χ3n) is 4.49. The maximum absolute atomic E-state index is 13.1. The van der Waals surface area contributed by atoms with Crippen LogP contribution in [0.4, 0.5) is 0 Å². The van der Waals surface area contributed by atoms with Crippen molar-refractivity contribution in [3.8, 4) is 0 Å². The van der Waals surface area contributed by atoms with E-state index >= 15 is 0 Å². The number of hydrogen-bond acceptors (Lipinski definition) is 5. The lowest BCUT2D eigenvalue weighted by Crippen LogP contribution is -2.39. The molecule has 1 unspecified atom stereocenters. The van der Waals surface area contributed by atoms with Crippen molar-refractivity contribution in [3.05, 3.63) is 58.8 Å². The number of nitrogens with one attached hydrogen (secondary N) is 1. The van der Waals surface area contributed by atoms with Crippen molar-refractivity contribution in [2.75, 3.05) is 19.7 Å². The zero-order chi connectivity index (χ0) is 17.9. The van der Waals surface area contributed by atoms with Crippen molar-refractivity contribution in [1.82, 2.24) is 24.9 Å². The van der Waals surface area contributed by atoms with Crippen LogP contribution in [0.25, 0.3) is 10.8 Å². The zero-order valence-electron chi connectivity index (χ0n) is 14.2. The molecule has 2 aromatic heterocycles. The Morgan fingerprint density at radius 1 is 1.27 bits per heavy atom. The van der Waals surface area contributed by atoms with Crippen LogP contribution in [0.5, 0.6) is 0 Å². The third kappa shape index (κ3) is 3.23. The molecule has 1 aromatic carbocycles. The van der Waals surface area contributed by atoms with Gasteiger partial charge in [-0.1, -0.05) is 18.2 Å². The van der Waals surface area contributed by atoms with Crippen molar-refractivity contribution in [1.29, 1.82) is 0 Å². The smallest absolute Gasteiger partial charge is 0.275 e. The summed E-state index contributed by atoms with van der Waals surface area (Å²) in [6.07, 6.45) is 4.20. The van der Waals surface area contributed by atoms with Crippen LogP contribution in [-0.4, -0.2) is 56.6 Å². The number of hydrogen-bond donors (Lipinski definition) is 1. The zero-order valence-corrected chi connectivity index (χ0v) is 14.2. The highest BCUT2D eigenvalue weighted by Crippen LogP contribution is 2.17. The molecular formula is C18H19N5O3. The summed E-state index contributed by atoms with van der Waals surface area (Å²) in [5, 5.41) is 11.7. The molecule has 1 aliphatic heterocycles. The van der Waals surface area contributed by atoms with Gasteiger partial charge in [0.2, 0.25) is 0 Å². The number of fused-ring (bicyclic) bond motifs is 1. The van der Waals surface area contributed by atoms with E-state index in [9.17, 15) is 9.59 Å². The highest BCUT2D eigenvalue weighted by atomic mass is 16.5. The minimum atomic E-state index is -0.298. The van der Waals surface area contributed by atoms with Gasteiger partial charge in [-0.2, -0.15) is 10.2 Å². The van der Waals surface area contributed by atoms with Gasteiger partial charge in [0.1, 0.15) is 0 Å². The summed E-state index contributed by atoms with van der Waals surface area (Å²) in [4.78, 5) is 26.8. The van der Waals surface area contributed by atoms with Crippen LogP contribution >= 0.6 is 0 Å². The second-order valence-electron chi connectivity index (χ2n) is 6.27. The van der Waals surface area contributed by atoms with E-state index in [0.717, 1.165) is 6.42 Å². The van der Waals surface area contributed by atoms with Gasteiger partial charge in [0, 0.05) is 37.5 Å². The maximum atomic E-state index is 13.1. The summed E-state index contributed by atoms with van der Waals surface area (Å²) < 4.78 is 7.66. The normalized spacial score (nSPS) is 18.0. The summed E-state index contributed by atoms with van der Waals surface area (Å²) in [6.45, 7) is 2.21. The van der Waals surface area contributed by atoms with Crippen molar-refractivity contribution in [2.45, 2.75) is 19.1 Å². The second kappa shape index (κ2) is 7.09. The van der Waals surface area contributed by atoms with Crippen LogP contribution in [-0.2, 0) is 11.3 Å². The average molecular weight is 353 g/mol. The van der Waals surface area contributed by atoms with E-state index in [2.05, 4.69) is 15.3 Å². The van der Waals surface area contributed by atoms with Crippen molar-refractivity contribution < 1.29 is 9.53 Å². The summed E-state index contributed by atoms with van der Waals surface area (Å²) >= 11 is 0. The molecule has 1 fully saturated rings. The SMILES string of the molecule is O=C(c1n[nH]c(=O)c2ccccc12)N1CCCOC(Cn2cccn2)C1. The molecule has 1 atom stereocenters. The molecule has 134 valence electrons. The number of aromatic amines is 1. The van der Waals surface area contributed by atoms with Crippen LogP contribution in [0.2, 0.25) is 0 Å². The molecule has 1 aliphatic rings. The summed E-state index contributed by atoms with van der Waals surface area (Å²) in [5.41, 5.74) is -0.0344. The molecule has 0 bridgehead atoms. The van der Waals surface area contributed by atoms with Gasteiger partial charge in [-0.25, -0.2) is 5.10 Å². The molecule has 3 heterocycles. The molecule has 4 rings (SSSR count). The Morgan fingerprint density at radius 2 is 2.12 bits per heavy atom. The van der Waals surface area contributed by atoms with Gasteiger partial charge in [-0.15, -0.1) is 0 Å². The van der Waals surface area contributed by atoms with Crippen LogP contribution in [0, 0.1) is 0 Å². The van der Waals surface area contributed by atoms with E-state index in [0.29, 0.717) is 37.0 Å². The molecule has 0 radical (unpaired) electrons. The maximum Gasteiger partial charge on any atom is 0.275 e. The minimum Gasteiger partial charge on any atom is -0.374 e. The molecule has 1 saturated heterocycles. The topological polar surface area (TPSA) is 93.1 Å². The number of aromatic nitrogens is 4. The fraction of sp³-hybridized carbons (Fsp3) is 0.333. The molecule has 0 saturated carbocycles. The fourth-order valence-electron chi connectivity index (χ4n) is 3.23. The average Bonchev–Trinajstić information content (AvgIpc) is 3.06. The number of ether oxygens (including phenoxy) is 1. The number of rotatable bonds is 3. The Bertz CT molecular complexity index is 966. The number of H-pyrrole nitrogens is 1. The van der Waals surface area contributed by atoms with Gasteiger partial charge in [-0.3, -0.25) is 14.3 Å². The van der Waals surface area contributed by atoms with Gasteiger partial charge < -0.3 is 9.64 Å². The highest BCUT2D eigenvalue weighted by Gasteiger charge is 2.26. The van der Waals surface area contributed by atoms with Gasteiger partial charge in [0.25, 0.3) is 11.5 Å². The Balaban J connectivity index is 1.61. The first-order valence-electron chi connectivity index (χ1n) is 8.58. The van der Waals surface area contributed by atoms with Crippen LogP contribution in [0.3, 0.4) is 0 Å². The van der Waals surface area contributed by atoms with E-state index < -0.39 is 0 Å². The quantitative estimate of drug-likeness (QED) is 0.760. The van der Waals surface area contributed by atoms with Crippen molar-refractivity contribution in [2.24, 2.45) is 0 Å². The van der Waals surface area contributed by atoms with Gasteiger partial charge in [0.15, 0.2) is 5.69 Å². The number of nitrogens with zero attached hydrogens (tertiary/aromatic N) is 4. The first kappa shape index (κ1) is 16.5. The predicted octanol–water partition coefficient (Wildman–Crippen LogP) is 1.05. The number of carbonyl (C=O) groups is 1. The lowest BCUT2D eigenvalue weighted by atomic mass is 10.1. The number of amides is 1. The molecule has 8 nitrogen and oxygen atoms in total. The lowest BCUT2D eigenvalue weighted by molar-refractivity contribution is 0.0366. The second-order valence-corrected chi connectivity index (χ2v) is 6.27. The summed E-state index contributed by atoms with van der Waals surface area (Å²) in [6, 6.07) is 8.87. The van der Waals surface area contributed by atoms with E-state index in [1.807, 2.05) is 12.3 Å². The molecule has 26 heavy (non-hydrogen) atoms. The van der Waals surface area contributed by atoms with Crippen LogP contribution in [0.1, 0.15) is 16.9 Å². The van der Waals surface area contributed by atoms with E-state index in [1.54, 1.807) is 40.0 Å². The standard InChI is InChI=1S/C18H19N5O3/c24-17-15-6-2-1-5-14(15)16(20-21-17)18(25)22-8-4-10-26-13(11-22)12-23-9-3-7-19-23/h1-3,5-7,9,13H,4,8,10-12H2,(H,21,24). The van der Waals surface area contributed by atoms with Crippen LogP contribution < -0.4 is 5.56 Å². The van der Waals surface area contributed by atoms with Gasteiger partial charge in [-0.05, 0) is 18.6 Å². The molecular weight excluding hydrogens is 334 g/mol.